The van der Waals surface area contributed by atoms with Crippen molar-refractivity contribution in [2.45, 2.75) is 19.4 Å². The summed E-state index contributed by atoms with van der Waals surface area (Å²) in [7, 11) is 1.82. The lowest BCUT2D eigenvalue weighted by atomic mass is 10.1. The summed E-state index contributed by atoms with van der Waals surface area (Å²) >= 11 is 0. The first-order chi connectivity index (χ1) is 12.2. The van der Waals surface area contributed by atoms with Crippen LogP contribution in [0, 0.1) is 17.2 Å². The molecule has 1 amide bonds. The number of hydrogen-bond acceptors (Lipinski definition) is 4. The highest BCUT2D eigenvalue weighted by Gasteiger charge is 2.25. The van der Waals surface area contributed by atoms with E-state index in [1.807, 2.05) is 37.4 Å². The molecule has 1 aliphatic heterocycles. The Morgan fingerprint density at radius 3 is 2.92 bits per heavy atom. The molecule has 1 aromatic carbocycles. The molecule has 1 fully saturated rings. The van der Waals surface area contributed by atoms with Crippen LogP contribution in [0.25, 0.3) is 11.3 Å². The van der Waals surface area contributed by atoms with Crippen molar-refractivity contribution in [3.63, 3.8) is 0 Å². The molecule has 0 N–H and O–H groups in total. The van der Waals surface area contributed by atoms with Gasteiger partial charge in [0.05, 0.1) is 43.1 Å². The second-order valence-corrected chi connectivity index (χ2v) is 6.32. The normalized spacial score (nSPS) is 16.6. The highest BCUT2D eigenvalue weighted by Crippen LogP contribution is 2.25. The van der Waals surface area contributed by atoms with Gasteiger partial charge in [-0.2, -0.15) is 10.4 Å². The number of ether oxygens (including phenoxy) is 1. The van der Waals surface area contributed by atoms with Gasteiger partial charge in [-0.15, -0.1) is 0 Å². The van der Waals surface area contributed by atoms with E-state index in [1.165, 1.54) is 0 Å². The summed E-state index contributed by atoms with van der Waals surface area (Å²) in [6.45, 7) is 2.63. The maximum atomic E-state index is 13.0. The monoisotopic (exact) mass is 338 g/mol. The topological polar surface area (TPSA) is 71.2 Å². The molecule has 3 rings (SSSR count). The molecule has 2 aromatic rings. The molecular weight excluding hydrogens is 316 g/mol. The highest BCUT2D eigenvalue weighted by atomic mass is 16.5. The fourth-order valence-electron chi connectivity index (χ4n) is 3.17. The molecule has 6 nitrogen and oxygen atoms in total. The minimum Gasteiger partial charge on any atom is -0.381 e. The van der Waals surface area contributed by atoms with Gasteiger partial charge < -0.3 is 9.64 Å². The summed E-state index contributed by atoms with van der Waals surface area (Å²) in [4.78, 5) is 14.7. The number of rotatable bonds is 6. The molecule has 1 saturated heterocycles. The standard InChI is InChI=1S/C19H22N4O2/c1-22(13-15-8-11-25-14-15)19(24)17-12-21-23(10-5-9-20)18(17)16-6-3-2-4-7-16/h2-4,6-7,12,15H,5,8,10-11,13-14H2,1H3/t15-/m0/s1. The van der Waals surface area contributed by atoms with Crippen molar-refractivity contribution < 1.29 is 9.53 Å². The smallest absolute Gasteiger partial charge is 0.257 e. The Balaban J connectivity index is 1.88. The molecule has 130 valence electrons. The van der Waals surface area contributed by atoms with Crippen molar-refractivity contribution in [1.29, 1.82) is 5.26 Å². The van der Waals surface area contributed by atoms with Gasteiger partial charge in [0.25, 0.3) is 5.91 Å². The zero-order valence-electron chi connectivity index (χ0n) is 14.4. The van der Waals surface area contributed by atoms with E-state index < -0.39 is 0 Å². The van der Waals surface area contributed by atoms with E-state index in [0.717, 1.165) is 24.3 Å². The van der Waals surface area contributed by atoms with Crippen LogP contribution in [0.15, 0.2) is 36.5 Å². The summed E-state index contributed by atoms with van der Waals surface area (Å²) < 4.78 is 7.15. The SMILES string of the molecule is CN(C[C@@H]1CCOC1)C(=O)c1cnn(CCC#N)c1-c1ccccc1. The number of aromatic nitrogens is 2. The molecule has 1 atom stereocenters. The maximum Gasteiger partial charge on any atom is 0.257 e. The molecule has 1 aliphatic rings. The third-order valence-electron chi connectivity index (χ3n) is 4.46. The molecule has 6 heteroatoms. The molecule has 1 aromatic heterocycles. The lowest BCUT2D eigenvalue weighted by Crippen LogP contribution is -2.32. The summed E-state index contributed by atoms with van der Waals surface area (Å²) in [5.74, 6) is 0.344. The van der Waals surface area contributed by atoms with Crippen molar-refractivity contribution in [2.24, 2.45) is 5.92 Å². The summed E-state index contributed by atoms with van der Waals surface area (Å²) in [5.41, 5.74) is 2.28. The molecular formula is C19H22N4O2. The van der Waals surface area contributed by atoms with Crippen molar-refractivity contribution in [2.75, 3.05) is 26.8 Å². The number of carbonyl (C=O) groups is 1. The largest absolute Gasteiger partial charge is 0.381 e. The van der Waals surface area contributed by atoms with Gasteiger partial charge >= 0.3 is 0 Å². The number of nitriles is 1. The Morgan fingerprint density at radius 1 is 1.44 bits per heavy atom. The summed E-state index contributed by atoms with van der Waals surface area (Å²) in [6.07, 6.45) is 2.96. The lowest BCUT2D eigenvalue weighted by Gasteiger charge is -2.20. The molecule has 0 radical (unpaired) electrons. The first-order valence-electron chi connectivity index (χ1n) is 8.52. The van der Waals surface area contributed by atoms with Crippen molar-refractivity contribution >= 4 is 5.91 Å². The van der Waals surface area contributed by atoms with Crippen molar-refractivity contribution in [1.82, 2.24) is 14.7 Å². The third kappa shape index (κ3) is 3.89. The number of aryl methyl sites for hydroxylation is 1. The van der Waals surface area contributed by atoms with Gasteiger partial charge in [-0.05, 0) is 6.42 Å². The van der Waals surface area contributed by atoms with E-state index in [1.54, 1.807) is 15.8 Å². The van der Waals surface area contributed by atoms with Crippen LogP contribution in [0.1, 0.15) is 23.2 Å². The van der Waals surface area contributed by atoms with E-state index in [2.05, 4.69) is 11.2 Å². The van der Waals surface area contributed by atoms with Gasteiger partial charge in [0, 0.05) is 31.7 Å². The third-order valence-corrected chi connectivity index (χ3v) is 4.46. The second-order valence-electron chi connectivity index (χ2n) is 6.32. The molecule has 0 unspecified atom stereocenters. The van der Waals surface area contributed by atoms with Crippen LogP contribution in [-0.2, 0) is 11.3 Å². The van der Waals surface area contributed by atoms with Crippen LogP contribution in [-0.4, -0.2) is 47.4 Å². The molecule has 0 saturated carbocycles. The lowest BCUT2D eigenvalue weighted by molar-refractivity contribution is 0.0767. The number of amides is 1. The van der Waals surface area contributed by atoms with Gasteiger partial charge in [0.1, 0.15) is 0 Å². The van der Waals surface area contributed by atoms with Crippen molar-refractivity contribution in [3.8, 4) is 17.3 Å². The first-order valence-corrected chi connectivity index (χ1v) is 8.52. The predicted octanol–water partition coefficient (Wildman–Crippen LogP) is 2.57. The Morgan fingerprint density at radius 2 is 2.24 bits per heavy atom. The average Bonchev–Trinajstić information content (AvgIpc) is 3.29. The molecule has 2 heterocycles. The molecule has 25 heavy (non-hydrogen) atoms. The summed E-state index contributed by atoms with van der Waals surface area (Å²) in [6, 6.07) is 11.9. The van der Waals surface area contributed by atoms with E-state index in [4.69, 9.17) is 10.00 Å². The van der Waals surface area contributed by atoms with Gasteiger partial charge in [0.15, 0.2) is 0 Å². The zero-order chi connectivity index (χ0) is 17.6. The number of carbonyl (C=O) groups excluding carboxylic acids is 1. The second kappa shape index (κ2) is 7.95. The molecule has 0 bridgehead atoms. The number of hydrogen-bond donors (Lipinski definition) is 0. The fourth-order valence-corrected chi connectivity index (χ4v) is 3.17. The minimum absolute atomic E-state index is 0.0473. The van der Waals surface area contributed by atoms with Gasteiger partial charge in [0.2, 0.25) is 0 Å². The summed E-state index contributed by atoms with van der Waals surface area (Å²) in [5, 5.41) is 13.2. The van der Waals surface area contributed by atoms with Crippen LogP contribution in [0.2, 0.25) is 0 Å². The Labute approximate surface area is 147 Å². The number of benzene rings is 1. The van der Waals surface area contributed by atoms with Gasteiger partial charge in [-0.3, -0.25) is 9.48 Å². The highest BCUT2D eigenvalue weighted by molar-refractivity contribution is 5.99. The first kappa shape index (κ1) is 17.2. The van der Waals surface area contributed by atoms with E-state index in [9.17, 15) is 4.79 Å². The van der Waals surface area contributed by atoms with Crippen LogP contribution in [0.3, 0.4) is 0 Å². The quantitative estimate of drug-likeness (QED) is 0.811. The zero-order valence-corrected chi connectivity index (χ0v) is 14.4. The van der Waals surface area contributed by atoms with Crippen molar-refractivity contribution in [3.05, 3.63) is 42.1 Å². The van der Waals surface area contributed by atoms with Crippen LogP contribution in [0.5, 0.6) is 0 Å². The number of nitrogens with zero attached hydrogens (tertiary/aromatic N) is 4. The maximum absolute atomic E-state index is 13.0. The van der Waals surface area contributed by atoms with E-state index in [0.29, 0.717) is 37.6 Å². The molecule has 0 spiro atoms. The van der Waals surface area contributed by atoms with Crippen LogP contribution < -0.4 is 0 Å². The Kier molecular flexibility index (Phi) is 5.46. The van der Waals surface area contributed by atoms with Gasteiger partial charge in [-0.1, -0.05) is 30.3 Å². The van der Waals surface area contributed by atoms with Crippen LogP contribution >= 0.6 is 0 Å². The predicted molar refractivity (Wildman–Crippen MR) is 93.8 cm³/mol. The van der Waals surface area contributed by atoms with E-state index >= 15 is 0 Å². The van der Waals surface area contributed by atoms with Crippen LogP contribution in [0.4, 0.5) is 0 Å². The van der Waals surface area contributed by atoms with Gasteiger partial charge in [-0.25, -0.2) is 0 Å². The van der Waals surface area contributed by atoms with E-state index in [-0.39, 0.29) is 5.91 Å². The fraction of sp³-hybridized carbons (Fsp3) is 0.421. The molecule has 0 aliphatic carbocycles. The Hall–Kier alpha value is -2.65. The average molecular weight is 338 g/mol. The minimum atomic E-state index is -0.0473. The Bertz CT molecular complexity index is 757.